The average molecular weight is 308 g/mol. The van der Waals surface area contributed by atoms with Crippen molar-refractivity contribution >= 4 is 45.5 Å². The van der Waals surface area contributed by atoms with Gasteiger partial charge in [-0.2, -0.15) is 5.10 Å². The number of thioether (sulfide) groups is 1. The molecule has 0 atom stereocenters. The van der Waals surface area contributed by atoms with Crippen molar-refractivity contribution < 1.29 is 9.15 Å². The minimum atomic E-state index is -0.204. The van der Waals surface area contributed by atoms with Crippen LogP contribution in [-0.2, 0) is 0 Å². The SMILES string of the molecule is COc1cccc2occ(/C=N/NC(=S)SC)c(=O)c12. The van der Waals surface area contributed by atoms with Gasteiger partial charge < -0.3 is 9.15 Å². The van der Waals surface area contributed by atoms with Gasteiger partial charge >= 0.3 is 0 Å². The summed E-state index contributed by atoms with van der Waals surface area (Å²) in [5, 5.41) is 4.29. The Bertz CT molecular complexity index is 725. The Morgan fingerprint density at radius 3 is 3.05 bits per heavy atom. The second-order valence-corrected chi connectivity index (χ2v) is 5.20. The van der Waals surface area contributed by atoms with Crippen LogP contribution in [-0.4, -0.2) is 23.9 Å². The van der Waals surface area contributed by atoms with Crippen molar-refractivity contribution in [3.8, 4) is 5.75 Å². The lowest BCUT2D eigenvalue weighted by molar-refractivity contribution is 0.418. The van der Waals surface area contributed by atoms with Gasteiger partial charge in [-0.3, -0.25) is 10.2 Å². The number of hydrogen-bond donors (Lipinski definition) is 1. The van der Waals surface area contributed by atoms with Gasteiger partial charge in [0.1, 0.15) is 23.0 Å². The summed E-state index contributed by atoms with van der Waals surface area (Å²) >= 11 is 6.29. The van der Waals surface area contributed by atoms with Crippen LogP contribution in [0.25, 0.3) is 11.0 Å². The van der Waals surface area contributed by atoms with Crippen LogP contribution in [0.4, 0.5) is 0 Å². The van der Waals surface area contributed by atoms with Crippen LogP contribution in [0.5, 0.6) is 5.75 Å². The molecule has 1 heterocycles. The van der Waals surface area contributed by atoms with Crippen molar-refractivity contribution in [2.75, 3.05) is 13.4 Å². The minimum Gasteiger partial charge on any atom is -0.496 e. The van der Waals surface area contributed by atoms with Gasteiger partial charge in [-0.05, 0) is 18.4 Å². The molecule has 0 fully saturated rings. The number of hydrogen-bond acceptors (Lipinski definition) is 6. The maximum Gasteiger partial charge on any atom is 0.205 e. The zero-order valence-corrected chi connectivity index (χ0v) is 12.5. The Labute approximate surface area is 125 Å². The summed E-state index contributed by atoms with van der Waals surface area (Å²) in [4.78, 5) is 12.4. The van der Waals surface area contributed by atoms with Crippen LogP contribution < -0.4 is 15.6 Å². The number of hydrazone groups is 1. The van der Waals surface area contributed by atoms with E-state index in [1.807, 2.05) is 6.26 Å². The molecular formula is C13H12N2O3S2. The van der Waals surface area contributed by atoms with Gasteiger partial charge in [0, 0.05) is 0 Å². The second-order valence-electron chi connectivity index (χ2n) is 3.72. The molecular weight excluding hydrogens is 296 g/mol. The number of thiocarbonyl (C=S) groups is 1. The lowest BCUT2D eigenvalue weighted by Crippen LogP contribution is -2.13. The molecule has 1 aromatic heterocycles. The maximum absolute atomic E-state index is 12.4. The molecule has 0 saturated carbocycles. The van der Waals surface area contributed by atoms with E-state index in [0.29, 0.717) is 26.6 Å². The highest BCUT2D eigenvalue weighted by molar-refractivity contribution is 8.22. The summed E-state index contributed by atoms with van der Waals surface area (Å²) in [6, 6.07) is 5.18. The van der Waals surface area contributed by atoms with E-state index < -0.39 is 0 Å². The zero-order valence-electron chi connectivity index (χ0n) is 10.9. The summed E-state index contributed by atoms with van der Waals surface area (Å²) in [6.07, 6.45) is 4.57. The summed E-state index contributed by atoms with van der Waals surface area (Å²) in [7, 11) is 1.51. The molecule has 0 aliphatic rings. The van der Waals surface area contributed by atoms with E-state index in [2.05, 4.69) is 10.5 Å². The molecule has 0 unspecified atom stereocenters. The third kappa shape index (κ3) is 3.00. The van der Waals surface area contributed by atoms with Crippen LogP contribution in [0.15, 0.2) is 38.8 Å². The number of nitrogens with zero attached hydrogens (tertiary/aromatic N) is 1. The van der Waals surface area contributed by atoms with Gasteiger partial charge in [-0.15, -0.1) is 0 Å². The van der Waals surface area contributed by atoms with Crippen LogP contribution in [0.3, 0.4) is 0 Å². The second kappa shape index (κ2) is 6.53. The topological polar surface area (TPSA) is 63.8 Å². The van der Waals surface area contributed by atoms with E-state index >= 15 is 0 Å². The van der Waals surface area contributed by atoms with Crippen molar-refractivity contribution in [1.82, 2.24) is 5.43 Å². The fourth-order valence-electron chi connectivity index (χ4n) is 1.62. The predicted molar refractivity (Wildman–Crippen MR) is 85.9 cm³/mol. The van der Waals surface area contributed by atoms with E-state index in [9.17, 15) is 4.79 Å². The molecule has 0 bridgehead atoms. The third-order valence-electron chi connectivity index (χ3n) is 2.55. The number of ether oxygens (including phenoxy) is 1. The Balaban J connectivity index is 2.44. The number of methoxy groups -OCH3 is 1. The maximum atomic E-state index is 12.4. The Morgan fingerprint density at radius 1 is 1.55 bits per heavy atom. The largest absolute Gasteiger partial charge is 0.496 e. The van der Waals surface area contributed by atoms with Crippen molar-refractivity contribution in [2.45, 2.75) is 0 Å². The first-order valence-electron chi connectivity index (χ1n) is 5.63. The normalized spacial score (nSPS) is 10.9. The molecule has 0 radical (unpaired) electrons. The molecule has 0 spiro atoms. The van der Waals surface area contributed by atoms with E-state index in [1.54, 1.807) is 18.2 Å². The van der Waals surface area contributed by atoms with E-state index in [4.69, 9.17) is 21.4 Å². The summed E-state index contributed by atoms with van der Waals surface area (Å²) < 4.78 is 11.1. The summed E-state index contributed by atoms with van der Waals surface area (Å²) in [5.74, 6) is 0.471. The van der Waals surface area contributed by atoms with E-state index in [-0.39, 0.29) is 5.43 Å². The Hall–Kier alpha value is -1.86. The molecule has 0 aliphatic heterocycles. The molecule has 7 heteroatoms. The third-order valence-corrected chi connectivity index (χ3v) is 3.61. The van der Waals surface area contributed by atoms with Gasteiger partial charge in [0.25, 0.3) is 0 Å². The van der Waals surface area contributed by atoms with Crippen LogP contribution in [0.2, 0.25) is 0 Å². The molecule has 2 rings (SSSR count). The number of rotatable bonds is 3. The fraction of sp³-hybridized carbons (Fsp3) is 0.154. The lowest BCUT2D eigenvalue weighted by atomic mass is 10.1. The first-order chi connectivity index (χ1) is 9.67. The van der Waals surface area contributed by atoms with E-state index in [1.165, 1.54) is 31.3 Å². The molecule has 0 saturated heterocycles. The molecule has 5 nitrogen and oxygen atoms in total. The molecule has 20 heavy (non-hydrogen) atoms. The van der Waals surface area contributed by atoms with Gasteiger partial charge in [-0.25, -0.2) is 0 Å². The smallest absolute Gasteiger partial charge is 0.205 e. The van der Waals surface area contributed by atoms with Gasteiger partial charge in [0.2, 0.25) is 5.43 Å². The monoisotopic (exact) mass is 308 g/mol. The van der Waals surface area contributed by atoms with Crippen molar-refractivity contribution in [2.24, 2.45) is 5.10 Å². The van der Waals surface area contributed by atoms with Crippen LogP contribution in [0.1, 0.15) is 5.56 Å². The molecule has 104 valence electrons. The highest BCUT2D eigenvalue weighted by Gasteiger charge is 2.10. The Morgan fingerprint density at radius 2 is 2.35 bits per heavy atom. The highest BCUT2D eigenvalue weighted by atomic mass is 32.2. The van der Waals surface area contributed by atoms with Crippen LogP contribution in [0, 0.1) is 0 Å². The van der Waals surface area contributed by atoms with Gasteiger partial charge in [0.05, 0.1) is 18.9 Å². The van der Waals surface area contributed by atoms with Gasteiger partial charge in [-0.1, -0.05) is 30.0 Å². The molecule has 0 amide bonds. The number of nitrogens with one attached hydrogen (secondary N) is 1. The van der Waals surface area contributed by atoms with Crippen molar-refractivity contribution in [3.05, 3.63) is 40.2 Å². The zero-order chi connectivity index (χ0) is 14.5. The summed E-state index contributed by atoms with van der Waals surface area (Å²) in [6.45, 7) is 0. The first-order valence-corrected chi connectivity index (χ1v) is 7.26. The number of fused-ring (bicyclic) bond motifs is 1. The molecule has 0 aliphatic carbocycles. The lowest BCUT2D eigenvalue weighted by Gasteiger charge is -2.04. The average Bonchev–Trinajstić information content (AvgIpc) is 2.48. The molecule has 2 aromatic rings. The van der Waals surface area contributed by atoms with Crippen LogP contribution >= 0.6 is 24.0 Å². The summed E-state index contributed by atoms with van der Waals surface area (Å²) in [5.41, 5.74) is 3.22. The molecule has 1 N–H and O–H groups in total. The predicted octanol–water partition coefficient (Wildman–Crippen LogP) is 2.37. The number of benzene rings is 1. The highest BCUT2D eigenvalue weighted by Crippen LogP contribution is 2.22. The standard InChI is InChI=1S/C13H12N2O3S2/c1-17-9-4-3-5-10-11(9)12(16)8(7-18-10)6-14-15-13(19)20-2/h3-7H,1-2H3,(H,15,19)/b14-6+. The van der Waals surface area contributed by atoms with Crippen molar-refractivity contribution in [3.63, 3.8) is 0 Å². The minimum absolute atomic E-state index is 0.204. The van der Waals surface area contributed by atoms with Gasteiger partial charge in [0.15, 0.2) is 4.32 Å². The van der Waals surface area contributed by atoms with E-state index in [0.717, 1.165) is 0 Å². The van der Waals surface area contributed by atoms with Crippen molar-refractivity contribution in [1.29, 1.82) is 0 Å². The Kier molecular flexibility index (Phi) is 4.75. The molecule has 1 aromatic carbocycles. The fourth-order valence-corrected chi connectivity index (χ4v) is 1.81. The quantitative estimate of drug-likeness (QED) is 0.533. The first kappa shape index (κ1) is 14.5.